The number of piperidine rings is 1. The third-order valence-corrected chi connectivity index (χ3v) is 5.36. The van der Waals surface area contributed by atoms with Crippen LogP contribution < -0.4 is 21.4 Å². The molecular weight excluding hydrogens is 376 g/mol. The van der Waals surface area contributed by atoms with Gasteiger partial charge in [-0.05, 0) is 37.1 Å². The molecule has 0 atom stereocenters. The molecule has 0 radical (unpaired) electrons. The number of benzene rings is 1. The summed E-state index contributed by atoms with van der Waals surface area (Å²) in [7, 11) is 1.90. The number of aromatic amines is 1. The lowest BCUT2D eigenvalue weighted by Crippen LogP contribution is -2.40. The van der Waals surface area contributed by atoms with Gasteiger partial charge in [-0.25, -0.2) is 15.0 Å². The van der Waals surface area contributed by atoms with E-state index in [0.29, 0.717) is 5.49 Å². The minimum Gasteiger partial charge on any atom is -0.388 e. The van der Waals surface area contributed by atoms with Gasteiger partial charge in [0.1, 0.15) is 11.8 Å². The smallest absolute Gasteiger partial charge is 0.225 e. The zero-order valence-electron chi connectivity index (χ0n) is 17.0. The molecule has 1 aliphatic rings. The van der Waals surface area contributed by atoms with Crippen molar-refractivity contribution >= 4 is 18.0 Å². The number of nitrogens with two attached hydrogens (primary N) is 1. The number of anilines is 2. The molecule has 0 unspecified atom stereocenters. The molecule has 8 heteroatoms. The van der Waals surface area contributed by atoms with Gasteiger partial charge in [0.05, 0.1) is 5.69 Å². The molecule has 0 saturated carbocycles. The Morgan fingerprint density at radius 3 is 2.53 bits per heavy atom. The highest BCUT2D eigenvalue weighted by Crippen LogP contribution is 2.32. The van der Waals surface area contributed by atoms with Crippen LogP contribution in [0, 0.1) is 5.41 Å². The first-order valence-electron chi connectivity index (χ1n) is 10.1. The summed E-state index contributed by atoms with van der Waals surface area (Å²) in [6.07, 6.45) is 6.66. The van der Waals surface area contributed by atoms with Gasteiger partial charge in [-0.1, -0.05) is 12.1 Å². The van der Waals surface area contributed by atoms with E-state index in [1.807, 2.05) is 43.7 Å². The van der Waals surface area contributed by atoms with E-state index in [0.717, 1.165) is 66.3 Å². The summed E-state index contributed by atoms with van der Waals surface area (Å²) in [5.74, 6) is 0.734. The Morgan fingerprint density at radius 2 is 1.90 bits per heavy atom. The van der Waals surface area contributed by atoms with Gasteiger partial charge in [-0.15, -0.1) is 0 Å². The molecule has 3 aromatic rings. The van der Waals surface area contributed by atoms with Crippen molar-refractivity contribution in [3.05, 3.63) is 54.3 Å². The maximum absolute atomic E-state index is 7.12. The van der Waals surface area contributed by atoms with E-state index in [1.54, 1.807) is 0 Å². The van der Waals surface area contributed by atoms with Crippen molar-refractivity contribution in [2.45, 2.75) is 18.9 Å². The van der Waals surface area contributed by atoms with E-state index in [1.165, 1.54) is 0 Å². The third-order valence-electron chi connectivity index (χ3n) is 5.36. The van der Waals surface area contributed by atoms with Crippen molar-refractivity contribution in [2.24, 2.45) is 10.7 Å². The molecule has 0 amide bonds. The molecule has 4 rings (SSSR count). The lowest BCUT2D eigenvalue weighted by molar-refractivity contribution is 0.495. The van der Waals surface area contributed by atoms with Gasteiger partial charge < -0.3 is 20.9 Å². The predicted molar refractivity (Wildman–Crippen MR) is 121 cm³/mol. The summed E-state index contributed by atoms with van der Waals surface area (Å²) in [6.45, 7) is 1.73. The molecule has 2 aromatic heterocycles. The quantitative estimate of drug-likeness (QED) is 0.386. The van der Waals surface area contributed by atoms with Crippen LogP contribution >= 0.6 is 0 Å². The number of pyridine rings is 1. The Labute approximate surface area is 175 Å². The van der Waals surface area contributed by atoms with Gasteiger partial charge in [0.2, 0.25) is 5.95 Å². The number of rotatable bonds is 5. The monoisotopic (exact) mass is 402 g/mol. The zero-order chi connectivity index (χ0) is 20.9. The van der Waals surface area contributed by atoms with Crippen molar-refractivity contribution in [3.63, 3.8) is 0 Å². The lowest BCUT2D eigenvalue weighted by Gasteiger charge is -2.30. The number of nitrogens with one attached hydrogen (secondary N) is 3. The minimum atomic E-state index is 0.259. The number of H-pyrrole nitrogens is 1. The number of hydrogen-bond donors (Lipinski definition) is 4. The molecule has 5 N–H and O–H groups in total. The van der Waals surface area contributed by atoms with E-state index in [-0.39, 0.29) is 6.04 Å². The predicted octanol–water partition coefficient (Wildman–Crippen LogP) is 2.62. The van der Waals surface area contributed by atoms with Gasteiger partial charge >= 0.3 is 0 Å². The molecule has 1 aliphatic heterocycles. The summed E-state index contributed by atoms with van der Waals surface area (Å²) >= 11 is 0. The fourth-order valence-electron chi connectivity index (χ4n) is 3.58. The maximum Gasteiger partial charge on any atom is 0.225 e. The van der Waals surface area contributed by atoms with Gasteiger partial charge in [-0.2, -0.15) is 0 Å². The van der Waals surface area contributed by atoms with E-state index in [4.69, 9.17) is 16.1 Å². The van der Waals surface area contributed by atoms with Crippen LogP contribution in [0.5, 0.6) is 0 Å². The molecule has 3 heterocycles. The fraction of sp³-hybridized carbons (Fsp3) is 0.273. The molecule has 8 nitrogen and oxygen atoms in total. The van der Waals surface area contributed by atoms with Gasteiger partial charge in [0, 0.05) is 61.0 Å². The molecular formula is C22H26N8. The third kappa shape index (κ3) is 4.23. The van der Waals surface area contributed by atoms with Gasteiger partial charge in [0.25, 0.3) is 0 Å². The molecule has 0 aliphatic carbocycles. The first-order chi connectivity index (χ1) is 14.7. The maximum atomic E-state index is 7.12. The molecule has 154 valence electrons. The Kier molecular flexibility index (Phi) is 5.85. The van der Waals surface area contributed by atoms with E-state index in [2.05, 4.69) is 37.3 Å². The second-order valence-electron chi connectivity index (χ2n) is 7.30. The Morgan fingerprint density at radius 1 is 1.17 bits per heavy atom. The van der Waals surface area contributed by atoms with Crippen molar-refractivity contribution in [1.82, 2.24) is 15.0 Å². The molecule has 0 spiro atoms. The van der Waals surface area contributed by atoms with E-state index < -0.39 is 0 Å². The molecule has 1 saturated heterocycles. The summed E-state index contributed by atoms with van der Waals surface area (Å²) < 4.78 is 0. The summed E-state index contributed by atoms with van der Waals surface area (Å²) in [6, 6.07) is 12.3. The number of aromatic nitrogens is 3. The Hall–Kier alpha value is -3.52. The Balaban J connectivity index is 1.78. The van der Waals surface area contributed by atoms with Crippen molar-refractivity contribution < 1.29 is 0 Å². The summed E-state index contributed by atoms with van der Waals surface area (Å²) in [5.41, 5.74) is 11.5. The van der Waals surface area contributed by atoms with Crippen LogP contribution in [-0.4, -0.2) is 47.5 Å². The van der Waals surface area contributed by atoms with Crippen molar-refractivity contribution in [3.8, 4) is 22.4 Å². The second-order valence-corrected chi connectivity index (χ2v) is 7.30. The van der Waals surface area contributed by atoms with Crippen LogP contribution in [0.25, 0.3) is 22.4 Å². The van der Waals surface area contributed by atoms with Crippen LogP contribution in [0.2, 0.25) is 0 Å². The van der Waals surface area contributed by atoms with Gasteiger partial charge in [0.15, 0.2) is 0 Å². The largest absolute Gasteiger partial charge is 0.388 e. The molecule has 1 aromatic carbocycles. The SMILES string of the molecule is CNc1ccc(-c2nc(N3CCC(N)CC3)ncc2-c2cc/c(=N/C=N)[nH]c2)cc1. The first-order valence-corrected chi connectivity index (χ1v) is 10.1. The average molecular weight is 403 g/mol. The average Bonchev–Trinajstić information content (AvgIpc) is 2.80. The summed E-state index contributed by atoms with van der Waals surface area (Å²) in [5, 5.41) is 10.3. The number of hydrogen-bond acceptors (Lipinski definition) is 6. The fourth-order valence-corrected chi connectivity index (χ4v) is 3.58. The lowest BCUT2D eigenvalue weighted by atomic mass is 10.0. The van der Waals surface area contributed by atoms with Crippen molar-refractivity contribution in [1.29, 1.82) is 5.41 Å². The normalized spacial score (nSPS) is 15.3. The molecule has 1 fully saturated rings. The highest BCUT2D eigenvalue weighted by molar-refractivity contribution is 5.81. The van der Waals surface area contributed by atoms with Crippen LogP contribution in [0.4, 0.5) is 11.6 Å². The van der Waals surface area contributed by atoms with Crippen LogP contribution in [-0.2, 0) is 0 Å². The second kappa shape index (κ2) is 8.87. The molecule has 30 heavy (non-hydrogen) atoms. The van der Waals surface area contributed by atoms with Crippen molar-refractivity contribution in [2.75, 3.05) is 30.4 Å². The first kappa shape index (κ1) is 19.8. The topological polar surface area (TPSA) is 119 Å². The standard InChI is InChI=1S/C22H26N8/c1-25-18-5-2-15(3-6-18)21-19(16-4-7-20(26-12-16)28-14-23)13-27-22(29-21)30-10-8-17(24)9-11-30/h2-7,12-14,17,25H,8-11,24H2,1H3,(H2,23,26,28). The summed E-state index contributed by atoms with van der Waals surface area (Å²) in [4.78, 5) is 18.9. The highest BCUT2D eigenvalue weighted by Gasteiger charge is 2.20. The highest BCUT2D eigenvalue weighted by atomic mass is 15.3. The van der Waals surface area contributed by atoms with Crippen LogP contribution in [0.3, 0.4) is 0 Å². The zero-order valence-corrected chi connectivity index (χ0v) is 17.0. The number of nitrogens with zero attached hydrogens (tertiary/aromatic N) is 4. The van der Waals surface area contributed by atoms with E-state index >= 15 is 0 Å². The minimum absolute atomic E-state index is 0.259. The van der Waals surface area contributed by atoms with Gasteiger partial charge in [-0.3, -0.25) is 5.41 Å². The molecule has 0 bridgehead atoms. The van der Waals surface area contributed by atoms with Crippen LogP contribution in [0.1, 0.15) is 12.8 Å². The van der Waals surface area contributed by atoms with E-state index in [9.17, 15) is 0 Å². The van der Waals surface area contributed by atoms with Crippen LogP contribution in [0.15, 0.2) is 53.8 Å². The Bertz CT molecular complexity index is 1060.